The van der Waals surface area contributed by atoms with Gasteiger partial charge in [0, 0.05) is 24.0 Å². The predicted octanol–water partition coefficient (Wildman–Crippen LogP) is 4.53. The lowest BCUT2D eigenvalue weighted by molar-refractivity contribution is 0.200. The van der Waals surface area contributed by atoms with E-state index in [1.54, 1.807) is 12.4 Å². The number of halogens is 4. The van der Waals surface area contributed by atoms with Gasteiger partial charge in [0.1, 0.15) is 0 Å². The Hall–Kier alpha value is -2.44. The first kappa shape index (κ1) is 16.9. The van der Waals surface area contributed by atoms with Crippen LogP contribution < -0.4 is 4.74 Å². The van der Waals surface area contributed by atoms with Crippen LogP contribution in [-0.2, 0) is 6.42 Å². The second kappa shape index (κ2) is 7.71. The van der Waals surface area contributed by atoms with Crippen LogP contribution in [0.25, 0.3) is 11.4 Å². The molecule has 2 rings (SSSR count). The van der Waals surface area contributed by atoms with Gasteiger partial charge < -0.3 is 4.74 Å². The number of ether oxygens (including phenoxy) is 1. The number of rotatable bonds is 6. The topological polar surface area (TPSA) is 35.0 Å². The normalized spacial score (nSPS) is 11.4. The number of aromatic nitrogens is 2. The average molecular weight is 326 g/mol. The van der Waals surface area contributed by atoms with Crippen LogP contribution in [0.2, 0.25) is 0 Å². The molecule has 2 aromatic rings. The van der Waals surface area contributed by atoms with E-state index in [-0.39, 0.29) is 11.4 Å². The fourth-order valence-corrected chi connectivity index (χ4v) is 1.89. The third kappa shape index (κ3) is 4.51. The third-order valence-corrected chi connectivity index (χ3v) is 2.91. The van der Waals surface area contributed by atoms with E-state index in [2.05, 4.69) is 14.7 Å². The maximum Gasteiger partial charge on any atom is 0.260 e. The molecule has 0 spiro atoms. The number of hydrogen-bond donors (Lipinski definition) is 0. The molecular weight excluding hydrogens is 312 g/mol. The zero-order valence-corrected chi connectivity index (χ0v) is 12.3. The summed E-state index contributed by atoms with van der Waals surface area (Å²) in [6, 6.07) is 1.98. The number of allylic oxidation sites excluding steroid dienone is 1. The van der Waals surface area contributed by atoms with Crippen LogP contribution in [0.3, 0.4) is 0 Å². The van der Waals surface area contributed by atoms with Gasteiger partial charge in [0.2, 0.25) is 0 Å². The van der Waals surface area contributed by atoms with Crippen LogP contribution in [0.4, 0.5) is 17.6 Å². The summed E-state index contributed by atoms with van der Waals surface area (Å²) in [4.78, 5) is 8.13. The summed E-state index contributed by atoms with van der Waals surface area (Å²) in [5.74, 6) is -2.65. The van der Waals surface area contributed by atoms with E-state index >= 15 is 0 Å². The van der Waals surface area contributed by atoms with Gasteiger partial charge in [0.15, 0.2) is 23.2 Å². The fourth-order valence-electron chi connectivity index (χ4n) is 1.89. The molecule has 0 atom stereocenters. The summed E-state index contributed by atoms with van der Waals surface area (Å²) in [6.45, 7) is 2.01. The molecular formula is C16H14F4N2O. The number of alkyl halides is 2. The Morgan fingerprint density at radius 2 is 1.74 bits per heavy atom. The first-order valence-electron chi connectivity index (χ1n) is 6.93. The smallest absolute Gasteiger partial charge is 0.260 e. The number of nitrogens with zero attached hydrogens (tertiary/aromatic N) is 2. The van der Waals surface area contributed by atoms with Gasteiger partial charge in [-0.2, -0.15) is 0 Å². The maximum atomic E-state index is 13.9. The summed E-state index contributed by atoms with van der Waals surface area (Å²) in [7, 11) is 0. The standard InChI is InChI=1S/C16H14F4N2O/c1-2-3-10-8-21-16(22-9-10)11-6-12(17)15(13(18)7-11)23-5-4-14(19)20/h4-9,14H,2-3H2,1H3. The summed E-state index contributed by atoms with van der Waals surface area (Å²) in [5, 5.41) is 0. The molecule has 0 saturated heterocycles. The molecule has 0 fully saturated rings. The molecule has 3 nitrogen and oxygen atoms in total. The zero-order valence-electron chi connectivity index (χ0n) is 12.3. The molecule has 1 aromatic carbocycles. The molecule has 0 N–H and O–H groups in total. The van der Waals surface area contributed by atoms with Crippen molar-refractivity contribution in [1.29, 1.82) is 0 Å². The highest BCUT2D eigenvalue weighted by atomic mass is 19.3. The highest BCUT2D eigenvalue weighted by Crippen LogP contribution is 2.27. The van der Waals surface area contributed by atoms with Crippen molar-refractivity contribution in [3.05, 3.63) is 54.1 Å². The number of benzene rings is 1. The summed E-state index contributed by atoms with van der Waals surface area (Å²) < 4.78 is 56.2. The van der Waals surface area contributed by atoms with E-state index in [1.807, 2.05) is 6.92 Å². The number of hydrogen-bond acceptors (Lipinski definition) is 3. The molecule has 122 valence electrons. The fraction of sp³-hybridized carbons (Fsp3) is 0.250. The summed E-state index contributed by atoms with van der Waals surface area (Å²) in [6.07, 6.45) is 3.09. The van der Waals surface area contributed by atoms with Gasteiger partial charge in [-0.05, 0) is 24.1 Å². The van der Waals surface area contributed by atoms with Gasteiger partial charge >= 0.3 is 0 Å². The van der Waals surface area contributed by atoms with Crippen molar-refractivity contribution in [2.24, 2.45) is 0 Å². The minimum Gasteiger partial charge on any atom is -0.459 e. The molecule has 0 bridgehead atoms. The van der Waals surface area contributed by atoms with E-state index in [0.717, 1.165) is 30.5 Å². The van der Waals surface area contributed by atoms with Crippen molar-refractivity contribution in [3.8, 4) is 17.1 Å². The minimum atomic E-state index is -2.77. The van der Waals surface area contributed by atoms with E-state index < -0.39 is 23.8 Å². The molecule has 0 unspecified atom stereocenters. The Bertz CT molecular complexity index is 664. The number of aryl methyl sites for hydroxylation is 1. The monoisotopic (exact) mass is 326 g/mol. The highest BCUT2D eigenvalue weighted by molar-refractivity contribution is 5.57. The predicted molar refractivity (Wildman–Crippen MR) is 77.2 cm³/mol. The Kier molecular flexibility index (Phi) is 5.67. The molecule has 23 heavy (non-hydrogen) atoms. The largest absolute Gasteiger partial charge is 0.459 e. The Morgan fingerprint density at radius 1 is 1.13 bits per heavy atom. The molecule has 1 heterocycles. The van der Waals surface area contributed by atoms with Crippen molar-refractivity contribution in [1.82, 2.24) is 9.97 Å². The van der Waals surface area contributed by atoms with Crippen molar-refractivity contribution >= 4 is 0 Å². The van der Waals surface area contributed by atoms with Crippen molar-refractivity contribution < 1.29 is 22.3 Å². The SMILES string of the molecule is CCCc1cnc(-c2cc(F)c(OC=CC(F)F)c(F)c2)nc1. The average Bonchev–Trinajstić information content (AvgIpc) is 2.50. The van der Waals surface area contributed by atoms with Gasteiger partial charge in [0.05, 0.1) is 6.26 Å². The first-order chi connectivity index (χ1) is 11.0. The van der Waals surface area contributed by atoms with E-state index in [0.29, 0.717) is 12.3 Å². The van der Waals surface area contributed by atoms with Crippen LogP contribution in [0, 0.1) is 11.6 Å². The van der Waals surface area contributed by atoms with Crippen LogP contribution >= 0.6 is 0 Å². The molecule has 0 amide bonds. The lowest BCUT2D eigenvalue weighted by Gasteiger charge is -2.07. The molecule has 0 aliphatic heterocycles. The van der Waals surface area contributed by atoms with Gasteiger partial charge in [-0.25, -0.2) is 27.5 Å². The quantitative estimate of drug-likeness (QED) is 0.578. The minimum absolute atomic E-state index is 0.133. The summed E-state index contributed by atoms with van der Waals surface area (Å²) in [5.41, 5.74) is 1.06. The summed E-state index contributed by atoms with van der Waals surface area (Å²) >= 11 is 0. The molecule has 1 aromatic heterocycles. The first-order valence-corrected chi connectivity index (χ1v) is 6.93. The second-order valence-electron chi connectivity index (χ2n) is 4.71. The van der Waals surface area contributed by atoms with Crippen LogP contribution in [-0.4, -0.2) is 16.4 Å². The maximum absolute atomic E-state index is 13.9. The lowest BCUT2D eigenvalue weighted by atomic mass is 10.1. The molecule has 7 heteroatoms. The lowest BCUT2D eigenvalue weighted by Crippen LogP contribution is -1.97. The van der Waals surface area contributed by atoms with E-state index in [9.17, 15) is 17.6 Å². The van der Waals surface area contributed by atoms with Gasteiger partial charge in [-0.3, -0.25) is 0 Å². The Balaban J connectivity index is 2.24. The molecule has 0 radical (unpaired) electrons. The van der Waals surface area contributed by atoms with Crippen LogP contribution in [0.15, 0.2) is 36.9 Å². The van der Waals surface area contributed by atoms with E-state index in [1.165, 1.54) is 0 Å². The van der Waals surface area contributed by atoms with Gasteiger partial charge in [-0.15, -0.1) is 0 Å². The highest BCUT2D eigenvalue weighted by Gasteiger charge is 2.14. The van der Waals surface area contributed by atoms with Crippen molar-refractivity contribution in [2.45, 2.75) is 26.2 Å². The Morgan fingerprint density at radius 3 is 2.26 bits per heavy atom. The third-order valence-electron chi connectivity index (χ3n) is 2.91. The molecule has 0 aliphatic rings. The van der Waals surface area contributed by atoms with Crippen molar-refractivity contribution in [3.63, 3.8) is 0 Å². The van der Waals surface area contributed by atoms with E-state index in [4.69, 9.17) is 0 Å². The molecule has 0 aliphatic carbocycles. The Labute approximate surface area is 130 Å². The molecule has 0 saturated carbocycles. The van der Waals surface area contributed by atoms with Gasteiger partial charge in [0.25, 0.3) is 6.43 Å². The van der Waals surface area contributed by atoms with Gasteiger partial charge in [-0.1, -0.05) is 13.3 Å². The second-order valence-corrected chi connectivity index (χ2v) is 4.71. The van der Waals surface area contributed by atoms with Crippen molar-refractivity contribution in [2.75, 3.05) is 0 Å². The van der Waals surface area contributed by atoms with Crippen LogP contribution in [0.1, 0.15) is 18.9 Å². The van der Waals surface area contributed by atoms with Crippen LogP contribution in [0.5, 0.6) is 5.75 Å². The zero-order chi connectivity index (χ0) is 16.8.